The Morgan fingerprint density at radius 1 is 1.21 bits per heavy atom. The van der Waals surface area contributed by atoms with Crippen molar-refractivity contribution in [3.05, 3.63) is 64.2 Å². The smallest absolute Gasteiger partial charge is 0.339 e. The van der Waals surface area contributed by atoms with E-state index >= 15 is 0 Å². The lowest BCUT2D eigenvalue weighted by Gasteiger charge is -2.17. The molecule has 0 radical (unpaired) electrons. The van der Waals surface area contributed by atoms with Crippen molar-refractivity contribution in [2.45, 2.75) is 0 Å². The zero-order chi connectivity index (χ0) is 17.1. The van der Waals surface area contributed by atoms with Crippen molar-refractivity contribution in [1.29, 1.82) is 0 Å². The standard InChI is InChI=1S/C18H14ClNO4/c1-23-18(22)14-7-6-13(9-15(14)19)20-17(21)12-8-11-4-2-3-5-16(11)24-10-12/h2-9H,10H2,1H3,(H,20,21). The molecular weight excluding hydrogens is 330 g/mol. The molecule has 0 bridgehead atoms. The summed E-state index contributed by atoms with van der Waals surface area (Å²) >= 11 is 6.05. The molecule has 0 unspecified atom stereocenters. The van der Waals surface area contributed by atoms with Gasteiger partial charge in [0.2, 0.25) is 0 Å². The van der Waals surface area contributed by atoms with Crippen LogP contribution in [-0.2, 0) is 9.53 Å². The first-order valence-electron chi connectivity index (χ1n) is 7.20. The molecule has 122 valence electrons. The second-order valence-electron chi connectivity index (χ2n) is 5.14. The summed E-state index contributed by atoms with van der Waals surface area (Å²) in [5.41, 5.74) is 2.08. The summed E-state index contributed by atoms with van der Waals surface area (Å²) in [6.07, 6.45) is 1.79. The third-order valence-corrected chi connectivity index (χ3v) is 3.87. The summed E-state index contributed by atoms with van der Waals surface area (Å²) in [7, 11) is 1.28. The van der Waals surface area contributed by atoms with Crippen molar-refractivity contribution in [1.82, 2.24) is 0 Å². The van der Waals surface area contributed by atoms with Crippen LogP contribution >= 0.6 is 11.6 Å². The lowest BCUT2D eigenvalue weighted by atomic mass is 10.1. The number of benzene rings is 2. The minimum atomic E-state index is -0.530. The number of halogens is 1. The third kappa shape index (κ3) is 3.26. The minimum Gasteiger partial charge on any atom is -0.488 e. The molecule has 1 amide bonds. The Bertz CT molecular complexity index is 845. The van der Waals surface area contributed by atoms with E-state index in [0.29, 0.717) is 11.3 Å². The summed E-state index contributed by atoms with van der Waals surface area (Å²) in [5, 5.41) is 2.95. The average Bonchev–Trinajstić information content (AvgIpc) is 2.60. The summed E-state index contributed by atoms with van der Waals surface area (Å²) in [5.74, 6) is -0.0659. The molecule has 0 saturated heterocycles. The van der Waals surface area contributed by atoms with Crippen LogP contribution in [-0.4, -0.2) is 25.6 Å². The number of nitrogens with one attached hydrogen (secondary N) is 1. The van der Waals surface area contributed by atoms with Gasteiger partial charge in [-0.2, -0.15) is 0 Å². The summed E-state index contributed by atoms with van der Waals surface area (Å²) < 4.78 is 10.2. The van der Waals surface area contributed by atoms with E-state index in [-0.39, 0.29) is 23.1 Å². The molecule has 1 N–H and O–H groups in total. The van der Waals surface area contributed by atoms with Crippen molar-refractivity contribution in [3.8, 4) is 5.75 Å². The van der Waals surface area contributed by atoms with E-state index in [0.717, 1.165) is 11.3 Å². The summed E-state index contributed by atoms with van der Waals surface area (Å²) in [6, 6.07) is 12.1. The fourth-order valence-corrected chi connectivity index (χ4v) is 2.58. The Morgan fingerprint density at radius 3 is 2.75 bits per heavy atom. The molecule has 0 saturated carbocycles. The molecule has 6 heteroatoms. The van der Waals surface area contributed by atoms with E-state index < -0.39 is 5.97 Å². The highest BCUT2D eigenvalue weighted by molar-refractivity contribution is 6.34. The SMILES string of the molecule is COC(=O)c1ccc(NC(=O)C2=Cc3ccccc3OC2)cc1Cl. The number of methoxy groups -OCH3 is 1. The second kappa shape index (κ2) is 6.76. The van der Waals surface area contributed by atoms with Gasteiger partial charge in [-0.1, -0.05) is 29.8 Å². The van der Waals surface area contributed by atoms with Crippen LogP contribution in [0.25, 0.3) is 6.08 Å². The fraction of sp³-hybridized carbons (Fsp3) is 0.111. The Hall–Kier alpha value is -2.79. The lowest BCUT2D eigenvalue weighted by Crippen LogP contribution is -2.21. The molecule has 2 aromatic rings. The largest absolute Gasteiger partial charge is 0.488 e. The summed E-state index contributed by atoms with van der Waals surface area (Å²) in [6.45, 7) is 0.191. The number of esters is 1. The molecular formula is C18H14ClNO4. The van der Waals surface area contributed by atoms with E-state index in [2.05, 4.69) is 10.1 Å². The van der Waals surface area contributed by atoms with Crippen LogP contribution in [0.1, 0.15) is 15.9 Å². The average molecular weight is 344 g/mol. The lowest BCUT2D eigenvalue weighted by molar-refractivity contribution is -0.113. The number of ether oxygens (including phenoxy) is 2. The molecule has 24 heavy (non-hydrogen) atoms. The monoisotopic (exact) mass is 343 g/mol. The van der Waals surface area contributed by atoms with E-state index in [4.69, 9.17) is 16.3 Å². The van der Waals surface area contributed by atoms with Gasteiger partial charge >= 0.3 is 5.97 Å². The molecule has 5 nitrogen and oxygen atoms in total. The first-order valence-corrected chi connectivity index (χ1v) is 7.58. The van der Waals surface area contributed by atoms with Crippen LogP contribution in [0.5, 0.6) is 5.75 Å². The second-order valence-corrected chi connectivity index (χ2v) is 5.54. The van der Waals surface area contributed by atoms with Gasteiger partial charge < -0.3 is 14.8 Å². The van der Waals surface area contributed by atoms with Crippen LogP contribution in [0, 0.1) is 0 Å². The van der Waals surface area contributed by atoms with Gasteiger partial charge in [0.1, 0.15) is 12.4 Å². The number of para-hydroxylation sites is 1. The van der Waals surface area contributed by atoms with Crippen LogP contribution in [0.4, 0.5) is 5.69 Å². The molecule has 0 atom stereocenters. The first kappa shape index (κ1) is 16.1. The number of carbonyl (C=O) groups is 2. The van der Waals surface area contributed by atoms with E-state index in [1.54, 1.807) is 12.1 Å². The minimum absolute atomic E-state index is 0.191. The summed E-state index contributed by atoms with van der Waals surface area (Å²) in [4.78, 5) is 23.9. The zero-order valence-electron chi connectivity index (χ0n) is 12.8. The van der Waals surface area contributed by atoms with Crippen molar-refractivity contribution < 1.29 is 19.1 Å². The maximum absolute atomic E-state index is 12.4. The van der Waals surface area contributed by atoms with Crippen LogP contribution in [0.15, 0.2) is 48.0 Å². The van der Waals surface area contributed by atoms with Crippen LogP contribution in [0.3, 0.4) is 0 Å². The molecule has 1 aliphatic rings. The van der Waals surface area contributed by atoms with Gasteiger partial charge in [0.25, 0.3) is 5.91 Å². The normalized spacial score (nSPS) is 12.5. The van der Waals surface area contributed by atoms with Gasteiger partial charge in [-0.25, -0.2) is 4.79 Å². The highest BCUT2D eigenvalue weighted by atomic mass is 35.5. The topological polar surface area (TPSA) is 64.6 Å². The molecule has 0 aromatic heterocycles. The van der Waals surface area contributed by atoms with E-state index in [1.807, 2.05) is 24.3 Å². The molecule has 0 fully saturated rings. The predicted molar refractivity (Wildman–Crippen MR) is 91.3 cm³/mol. The quantitative estimate of drug-likeness (QED) is 0.866. The highest BCUT2D eigenvalue weighted by Crippen LogP contribution is 2.27. The van der Waals surface area contributed by atoms with E-state index in [9.17, 15) is 9.59 Å². The number of carbonyl (C=O) groups excluding carboxylic acids is 2. The van der Waals surface area contributed by atoms with Crippen molar-refractivity contribution in [2.24, 2.45) is 0 Å². The molecule has 0 spiro atoms. The number of fused-ring (bicyclic) bond motifs is 1. The number of hydrogen-bond donors (Lipinski definition) is 1. The molecule has 1 heterocycles. The Morgan fingerprint density at radius 2 is 2.00 bits per heavy atom. The van der Waals surface area contributed by atoms with Crippen LogP contribution in [0.2, 0.25) is 5.02 Å². The highest BCUT2D eigenvalue weighted by Gasteiger charge is 2.18. The van der Waals surface area contributed by atoms with Gasteiger partial charge in [-0.05, 0) is 30.3 Å². The van der Waals surface area contributed by atoms with Gasteiger partial charge in [-0.3, -0.25) is 4.79 Å². The van der Waals surface area contributed by atoms with Crippen molar-refractivity contribution >= 4 is 35.2 Å². The maximum atomic E-state index is 12.4. The molecule has 0 aliphatic carbocycles. The van der Waals surface area contributed by atoms with Crippen molar-refractivity contribution in [2.75, 3.05) is 19.0 Å². The Balaban J connectivity index is 1.77. The fourth-order valence-electron chi connectivity index (χ4n) is 2.33. The zero-order valence-corrected chi connectivity index (χ0v) is 13.6. The number of amides is 1. The first-order chi connectivity index (χ1) is 11.6. The number of anilines is 1. The molecule has 1 aliphatic heterocycles. The number of rotatable bonds is 3. The van der Waals surface area contributed by atoms with Crippen LogP contribution < -0.4 is 10.1 Å². The van der Waals surface area contributed by atoms with Crippen molar-refractivity contribution in [3.63, 3.8) is 0 Å². The molecule has 2 aromatic carbocycles. The van der Waals surface area contributed by atoms with Gasteiger partial charge in [-0.15, -0.1) is 0 Å². The molecule has 3 rings (SSSR count). The van der Waals surface area contributed by atoms with Gasteiger partial charge in [0.05, 0.1) is 23.3 Å². The van der Waals surface area contributed by atoms with E-state index in [1.165, 1.54) is 19.2 Å². The maximum Gasteiger partial charge on any atom is 0.339 e. The predicted octanol–water partition coefficient (Wildman–Crippen LogP) is 3.54. The Labute approximate surface area is 143 Å². The number of hydrogen-bond acceptors (Lipinski definition) is 4. The van der Waals surface area contributed by atoms with Gasteiger partial charge in [0.15, 0.2) is 0 Å². The Kier molecular flexibility index (Phi) is 4.53. The third-order valence-electron chi connectivity index (χ3n) is 3.56. The van der Waals surface area contributed by atoms with Gasteiger partial charge in [0, 0.05) is 11.3 Å².